The summed E-state index contributed by atoms with van der Waals surface area (Å²) in [6, 6.07) is 0. The van der Waals surface area contributed by atoms with Gasteiger partial charge in [0.05, 0.1) is 13.0 Å². The zero-order valence-corrected chi connectivity index (χ0v) is 6.64. The number of rotatable bonds is 4. The second kappa shape index (κ2) is 3.57. The van der Waals surface area contributed by atoms with Crippen LogP contribution >= 0.6 is 0 Å². The van der Waals surface area contributed by atoms with Crippen LogP contribution in [0.5, 0.6) is 0 Å². The molecule has 68 valence electrons. The van der Waals surface area contributed by atoms with E-state index in [1.807, 2.05) is 0 Å². The highest BCUT2D eigenvalue weighted by Crippen LogP contribution is 2.16. The van der Waals surface area contributed by atoms with E-state index in [-0.39, 0.29) is 12.4 Å². The van der Waals surface area contributed by atoms with Crippen LogP contribution in [0.3, 0.4) is 0 Å². The highest BCUT2D eigenvalue weighted by Gasteiger charge is 2.29. The number of nitrogens with one attached hydrogen (secondary N) is 2. The van der Waals surface area contributed by atoms with Crippen LogP contribution in [0.25, 0.3) is 0 Å². The second-order valence-electron chi connectivity index (χ2n) is 2.50. The summed E-state index contributed by atoms with van der Waals surface area (Å²) in [6.07, 6.45) is 0.804. The molecule has 0 aliphatic heterocycles. The third-order valence-electron chi connectivity index (χ3n) is 1.33. The van der Waals surface area contributed by atoms with Gasteiger partial charge in [0.2, 0.25) is 0 Å². The molecule has 2 N–H and O–H groups in total. The molecule has 0 saturated carbocycles. The molecule has 0 aromatic carbocycles. The van der Waals surface area contributed by atoms with Gasteiger partial charge < -0.3 is 5.32 Å². The van der Waals surface area contributed by atoms with Gasteiger partial charge >= 0.3 is 0 Å². The van der Waals surface area contributed by atoms with Gasteiger partial charge in [-0.1, -0.05) is 0 Å². The van der Waals surface area contributed by atoms with Crippen molar-refractivity contribution in [1.29, 1.82) is 0 Å². The Labute approximate surface area is 68.4 Å². The number of H-pyrrole nitrogens is 1. The van der Waals surface area contributed by atoms with Crippen LogP contribution in [0.1, 0.15) is 5.82 Å². The van der Waals surface area contributed by atoms with Crippen molar-refractivity contribution in [3.05, 3.63) is 12.2 Å². The fraction of sp³-hybridized carbons (Fsp3) is 0.667. The van der Waals surface area contributed by atoms with Gasteiger partial charge in [0, 0.05) is 0 Å². The van der Waals surface area contributed by atoms with E-state index < -0.39 is 12.3 Å². The SMILES string of the molecule is CNCC(F)(F)Cc1ncn[nH]1. The van der Waals surface area contributed by atoms with Crippen LogP contribution in [0.15, 0.2) is 6.33 Å². The summed E-state index contributed by atoms with van der Waals surface area (Å²) < 4.78 is 25.7. The molecule has 1 heterocycles. The van der Waals surface area contributed by atoms with Crippen molar-refractivity contribution in [3.8, 4) is 0 Å². The largest absolute Gasteiger partial charge is 0.314 e. The minimum Gasteiger partial charge on any atom is -0.314 e. The maximum atomic E-state index is 12.8. The Morgan fingerprint density at radius 1 is 1.67 bits per heavy atom. The molecule has 0 bridgehead atoms. The second-order valence-corrected chi connectivity index (χ2v) is 2.50. The summed E-state index contributed by atoms with van der Waals surface area (Å²) in [4.78, 5) is 3.61. The van der Waals surface area contributed by atoms with Gasteiger partial charge in [-0.25, -0.2) is 13.8 Å². The average Bonchev–Trinajstić information content (AvgIpc) is 2.38. The molecule has 0 saturated heterocycles. The van der Waals surface area contributed by atoms with E-state index in [0.29, 0.717) is 0 Å². The Balaban J connectivity index is 2.50. The van der Waals surface area contributed by atoms with Crippen molar-refractivity contribution in [2.24, 2.45) is 0 Å². The molecule has 0 atom stereocenters. The number of halogens is 2. The van der Waals surface area contributed by atoms with Crippen molar-refractivity contribution >= 4 is 0 Å². The Kier molecular flexibility index (Phi) is 2.69. The van der Waals surface area contributed by atoms with Gasteiger partial charge in [-0.15, -0.1) is 0 Å². The monoisotopic (exact) mass is 176 g/mol. The first-order valence-corrected chi connectivity index (χ1v) is 3.51. The predicted octanol–water partition coefficient (Wildman–Crippen LogP) is 0.202. The van der Waals surface area contributed by atoms with Gasteiger partial charge in [-0.3, -0.25) is 5.10 Å². The normalized spacial score (nSPS) is 11.9. The highest BCUT2D eigenvalue weighted by molar-refractivity contribution is 4.87. The third-order valence-corrected chi connectivity index (χ3v) is 1.33. The van der Waals surface area contributed by atoms with Crippen LogP contribution in [0, 0.1) is 0 Å². The molecule has 0 unspecified atom stereocenters. The molecule has 1 rings (SSSR count). The van der Waals surface area contributed by atoms with Gasteiger partial charge in [-0.05, 0) is 7.05 Å². The minimum absolute atomic E-state index is 0.204. The van der Waals surface area contributed by atoms with Crippen molar-refractivity contribution in [2.75, 3.05) is 13.6 Å². The number of nitrogens with zero attached hydrogens (tertiary/aromatic N) is 2. The molecule has 6 heteroatoms. The number of hydrogen-bond donors (Lipinski definition) is 2. The van der Waals surface area contributed by atoms with Crippen LogP contribution in [-0.2, 0) is 6.42 Å². The number of aromatic amines is 1. The Morgan fingerprint density at radius 3 is 2.92 bits per heavy atom. The van der Waals surface area contributed by atoms with Crippen molar-refractivity contribution in [3.63, 3.8) is 0 Å². The van der Waals surface area contributed by atoms with Crippen molar-refractivity contribution in [2.45, 2.75) is 12.3 Å². The summed E-state index contributed by atoms with van der Waals surface area (Å²) in [6.45, 7) is -0.353. The van der Waals surface area contributed by atoms with Gasteiger partial charge in [0.1, 0.15) is 12.2 Å². The van der Waals surface area contributed by atoms with E-state index in [2.05, 4.69) is 20.5 Å². The first-order valence-electron chi connectivity index (χ1n) is 3.51. The van der Waals surface area contributed by atoms with Crippen molar-refractivity contribution < 1.29 is 8.78 Å². The first-order chi connectivity index (χ1) is 5.64. The Bertz CT molecular complexity index is 221. The van der Waals surface area contributed by atoms with Crippen LogP contribution in [0.2, 0.25) is 0 Å². The molecule has 1 aromatic heterocycles. The summed E-state index contributed by atoms with van der Waals surface area (Å²) in [5.41, 5.74) is 0. The Morgan fingerprint density at radius 2 is 2.42 bits per heavy atom. The van der Waals surface area contributed by atoms with Crippen LogP contribution in [-0.4, -0.2) is 34.7 Å². The fourth-order valence-corrected chi connectivity index (χ4v) is 0.882. The standard InChI is InChI=1S/C6H10F2N4/c1-9-3-6(7,8)2-5-10-4-11-12-5/h4,9H,2-3H2,1H3,(H,10,11,12). The van der Waals surface area contributed by atoms with Gasteiger partial charge in [0.15, 0.2) is 0 Å². The molecule has 0 spiro atoms. The quantitative estimate of drug-likeness (QED) is 0.689. The molecule has 0 amide bonds. The molecule has 0 aliphatic carbocycles. The average molecular weight is 176 g/mol. The minimum atomic E-state index is -2.77. The number of hydrogen-bond acceptors (Lipinski definition) is 3. The Hall–Kier alpha value is -1.04. The van der Waals surface area contributed by atoms with E-state index in [1.54, 1.807) is 0 Å². The third kappa shape index (κ3) is 2.54. The maximum Gasteiger partial charge on any atom is 0.267 e. The number of aromatic nitrogens is 3. The van der Waals surface area contributed by atoms with E-state index in [1.165, 1.54) is 13.4 Å². The molecule has 4 nitrogen and oxygen atoms in total. The molecule has 0 aliphatic rings. The smallest absolute Gasteiger partial charge is 0.267 e. The zero-order valence-electron chi connectivity index (χ0n) is 6.64. The lowest BCUT2D eigenvalue weighted by molar-refractivity contribution is 0.00267. The van der Waals surface area contributed by atoms with Crippen LogP contribution < -0.4 is 5.32 Å². The van der Waals surface area contributed by atoms with E-state index in [0.717, 1.165) is 0 Å². The van der Waals surface area contributed by atoms with Crippen molar-refractivity contribution in [1.82, 2.24) is 20.5 Å². The van der Waals surface area contributed by atoms with E-state index in [4.69, 9.17) is 0 Å². The highest BCUT2D eigenvalue weighted by atomic mass is 19.3. The summed E-state index contributed by atoms with van der Waals surface area (Å²) >= 11 is 0. The lowest BCUT2D eigenvalue weighted by Crippen LogP contribution is -2.32. The van der Waals surface area contributed by atoms with E-state index >= 15 is 0 Å². The summed E-state index contributed by atoms with van der Waals surface area (Å²) in [7, 11) is 1.48. The molecule has 0 radical (unpaired) electrons. The molecule has 1 aromatic rings. The zero-order chi connectivity index (χ0) is 9.03. The van der Waals surface area contributed by atoms with Gasteiger partial charge in [0.25, 0.3) is 5.92 Å². The fourth-order valence-electron chi connectivity index (χ4n) is 0.882. The van der Waals surface area contributed by atoms with Crippen LogP contribution in [0.4, 0.5) is 8.78 Å². The summed E-state index contributed by atoms with van der Waals surface area (Å²) in [5, 5.41) is 8.27. The van der Waals surface area contributed by atoms with E-state index in [9.17, 15) is 8.78 Å². The molecule has 0 fully saturated rings. The van der Waals surface area contributed by atoms with Gasteiger partial charge in [-0.2, -0.15) is 5.10 Å². The molecular formula is C6H10F2N4. The lowest BCUT2D eigenvalue weighted by atomic mass is 10.2. The lowest BCUT2D eigenvalue weighted by Gasteiger charge is -2.13. The topological polar surface area (TPSA) is 53.6 Å². The molecule has 12 heavy (non-hydrogen) atoms. The predicted molar refractivity (Wildman–Crippen MR) is 39.0 cm³/mol. The molecular weight excluding hydrogens is 166 g/mol. The first kappa shape index (κ1) is 9.05. The summed E-state index contributed by atoms with van der Waals surface area (Å²) in [5.74, 6) is -2.57. The maximum absolute atomic E-state index is 12.8. The number of alkyl halides is 2.